The zero-order valence-corrected chi connectivity index (χ0v) is 21.5. The van der Waals surface area contributed by atoms with E-state index in [2.05, 4.69) is 5.16 Å². The van der Waals surface area contributed by atoms with E-state index < -0.39 is 48.9 Å². The Morgan fingerprint density at radius 3 is 2.58 bits per heavy atom. The van der Waals surface area contributed by atoms with Crippen molar-refractivity contribution in [1.82, 2.24) is 4.90 Å². The third-order valence-corrected chi connectivity index (χ3v) is 7.17. The minimum atomic E-state index is -4.52. The van der Waals surface area contributed by atoms with Gasteiger partial charge in [-0.15, -0.1) is 0 Å². The summed E-state index contributed by atoms with van der Waals surface area (Å²) in [5.41, 5.74) is -0.359. The van der Waals surface area contributed by atoms with Crippen LogP contribution in [0.15, 0.2) is 41.6 Å². The second kappa shape index (κ2) is 12.3. The van der Waals surface area contributed by atoms with Gasteiger partial charge in [0.05, 0.1) is 24.3 Å². The minimum Gasteiger partial charge on any atom is -0.469 e. The van der Waals surface area contributed by atoms with E-state index in [1.165, 1.54) is 43.2 Å². The van der Waals surface area contributed by atoms with Gasteiger partial charge in [-0.1, -0.05) is 55.5 Å². The molecule has 4 rings (SSSR count). The van der Waals surface area contributed by atoms with E-state index in [1.54, 1.807) is 6.07 Å². The molecule has 0 amide bonds. The van der Waals surface area contributed by atoms with Gasteiger partial charge in [0, 0.05) is 29.2 Å². The number of halogens is 3. The van der Waals surface area contributed by atoms with Crippen LogP contribution in [0.3, 0.4) is 0 Å². The summed E-state index contributed by atoms with van der Waals surface area (Å²) in [4.78, 5) is 18.5. The molecule has 2 aromatic carbocycles. The summed E-state index contributed by atoms with van der Waals surface area (Å²) in [7, 11) is 1.22. The summed E-state index contributed by atoms with van der Waals surface area (Å²) < 4.78 is 104. The van der Waals surface area contributed by atoms with E-state index in [0.717, 1.165) is 38.2 Å². The maximum Gasteiger partial charge on any atom is 0.416 e. The first-order chi connectivity index (χ1) is 20.9. The molecule has 0 atom stereocenters. The van der Waals surface area contributed by atoms with Crippen LogP contribution in [-0.4, -0.2) is 36.8 Å². The number of likely N-dealkylation sites (tertiary alicyclic amines) is 1. The average Bonchev–Trinajstić information content (AvgIpc) is 2.95. The number of methoxy groups -OCH3 is 1. The van der Waals surface area contributed by atoms with E-state index in [9.17, 15) is 18.0 Å². The second-order valence-electron chi connectivity index (χ2n) is 9.83. The zero-order valence-electron chi connectivity index (χ0n) is 28.5. The van der Waals surface area contributed by atoms with Gasteiger partial charge in [0.2, 0.25) is 0 Å². The number of esters is 1. The van der Waals surface area contributed by atoms with Gasteiger partial charge in [0.25, 0.3) is 0 Å². The fourth-order valence-corrected chi connectivity index (χ4v) is 4.99. The summed E-state index contributed by atoms with van der Waals surface area (Å²) in [5, 5.41) is 3.99. The number of benzene rings is 2. The lowest BCUT2D eigenvalue weighted by molar-refractivity contribution is -0.151. The number of nitrogens with zero attached hydrogens (tertiary/aromatic N) is 2. The van der Waals surface area contributed by atoms with Crippen LogP contribution in [-0.2, 0) is 40.0 Å². The largest absolute Gasteiger partial charge is 0.469 e. The van der Waals surface area contributed by atoms with Crippen LogP contribution in [0.4, 0.5) is 13.2 Å². The van der Waals surface area contributed by atoms with Gasteiger partial charge < -0.3 is 9.57 Å². The van der Waals surface area contributed by atoms with Crippen molar-refractivity contribution in [1.29, 1.82) is 0 Å². The van der Waals surface area contributed by atoms with Crippen LogP contribution in [0.5, 0.6) is 0 Å². The SMILES string of the molecule is [2H]C([2H])(c1ccc(/C(C)=N\OCc2ccc(C3CCCCC3)c(C(F)(F)F)c2)cc1C([2H])([2H])C([2H])([2H])[2H])N1CC(C(=O)OC)C1. The average molecular weight is 538 g/mol. The molecule has 0 radical (unpaired) electrons. The van der Waals surface area contributed by atoms with Crippen molar-refractivity contribution in [2.24, 2.45) is 11.1 Å². The molecule has 1 saturated carbocycles. The monoisotopic (exact) mass is 537 g/mol. The van der Waals surface area contributed by atoms with Crippen molar-refractivity contribution in [3.8, 4) is 0 Å². The standard InChI is InChI=1S/C30H37F3N2O3/c1-4-22-15-24(11-12-25(22)16-35-17-26(18-35)29(36)37-3)20(2)34-38-19-21-10-13-27(23-8-6-5-7-9-23)28(14-21)30(31,32)33/h10-15,23,26H,4-9,16-19H2,1-3H3/b34-20-/i1D3,4D2,16D2. The van der Waals surface area contributed by atoms with Crippen LogP contribution in [0.25, 0.3) is 0 Å². The first kappa shape index (κ1) is 20.1. The van der Waals surface area contributed by atoms with Gasteiger partial charge in [-0.3, -0.25) is 9.69 Å². The Morgan fingerprint density at radius 1 is 1.13 bits per heavy atom. The number of aryl methyl sites for hydroxylation is 1. The van der Waals surface area contributed by atoms with Gasteiger partial charge in [-0.05, 0) is 72.0 Å². The number of alkyl halides is 3. The Balaban J connectivity index is 1.58. The molecular weight excluding hydrogens is 493 g/mol. The fraction of sp³-hybridized carbons (Fsp3) is 0.533. The van der Waals surface area contributed by atoms with Crippen LogP contribution in [0, 0.1) is 5.92 Å². The number of hydrogen-bond donors (Lipinski definition) is 0. The van der Waals surface area contributed by atoms with Crippen molar-refractivity contribution in [2.45, 2.75) is 77.5 Å². The molecule has 2 fully saturated rings. The van der Waals surface area contributed by atoms with Gasteiger partial charge >= 0.3 is 12.1 Å². The van der Waals surface area contributed by atoms with Gasteiger partial charge in [0.1, 0.15) is 6.61 Å². The summed E-state index contributed by atoms with van der Waals surface area (Å²) in [6.45, 7) is -4.24. The van der Waals surface area contributed by atoms with Crippen LogP contribution in [0.1, 0.15) is 94.8 Å². The van der Waals surface area contributed by atoms with E-state index in [0.29, 0.717) is 5.56 Å². The van der Waals surface area contributed by atoms with Gasteiger partial charge in [-0.25, -0.2) is 0 Å². The third kappa shape index (κ3) is 6.76. The van der Waals surface area contributed by atoms with Crippen LogP contribution in [0.2, 0.25) is 0 Å². The van der Waals surface area contributed by atoms with Crippen molar-refractivity contribution in [3.63, 3.8) is 0 Å². The van der Waals surface area contributed by atoms with Crippen molar-refractivity contribution in [3.05, 3.63) is 69.8 Å². The molecular formula is C30H37F3N2O3. The van der Waals surface area contributed by atoms with Crippen molar-refractivity contribution >= 4 is 11.7 Å². The number of rotatable bonds is 9. The van der Waals surface area contributed by atoms with E-state index >= 15 is 0 Å². The predicted octanol–water partition coefficient (Wildman–Crippen LogP) is 6.86. The van der Waals surface area contributed by atoms with Crippen LogP contribution >= 0.6 is 0 Å². The van der Waals surface area contributed by atoms with Gasteiger partial charge in [-0.2, -0.15) is 13.2 Å². The van der Waals surface area contributed by atoms with Crippen molar-refractivity contribution < 1.29 is 37.1 Å². The lowest BCUT2D eigenvalue weighted by Crippen LogP contribution is -2.50. The number of carbonyl (C=O) groups excluding carboxylic acids is 1. The van der Waals surface area contributed by atoms with E-state index in [4.69, 9.17) is 19.2 Å². The molecule has 5 nitrogen and oxygen atoms in total. The Bertz CT molecular complexity index is 1420. The number of hydrogen-bond acceptors (Lipinski definition) is 5. The normalized spacial score (nSPS) is 21.6. The fourth-order valence-electron chi connectivity index (χ4n) is 4.99. The predicted molar refractivity (Wildman–Crippen MR) is 141 cm³/mol. The van der Waals surface area contributed by atoms with E-state index in [1.807, 2.05) is 0 Å². The highest BCUT2D eigenvalue weighted by Gasteiger charge is 2.36. The Kier molecular flexibility index (Phi) is 6.52. The maximum atomic E-state index is 13.9. The Hall–Kier alpha value is -2.87. The summed E-state index contributed by atoms with van der Waals surface area (Å²) >= 11 is 0. The lowest BCUT2D eigenvalue weighted by atomic mass is 9.81. The van der Waals surface area contributed by atoms with E-state index in [-0.39, 0.29) is 48.0 Å². The molecule has 0 N–H and O–H groups in total. The molecule has 1 aliphatic carbocycles. The smallest absolute Gasteiger partial charge is 0.416 e. The highest BCUT2D eigenvalue weighted by molar-refractivity contribution is 5.98. The maximum absolute atomic E-state index is 13.9. The molecule has 8 heteroatoms. The quantitative estimate of drug-likeness (QED) is 0.199. The van der Waals surface area contributed by atoms with Crippen LogP contribution < -0.4 is 0 Å². The summed E-state index contributed by atoms with van der Waals surface area (Å²) in [6.07, 6.45) is -3.23. The third-order valence-electron chi connectivity index (χ3n) is 7.17. The highest BCUT2D eigenvalue weighted by Crippen LogP contribution is 2.41. The molecule has 0 bridgehead atoms. The minimum absolute atomic E-state index is 0.00362. The summed E-state index contributed by atoms with van der Waals surface area (Å²) in [5.74, 6) is -1.20. The Labute approximate surface area is 232 Å². The molecule has 2 aromatic rings. The molecule has 1 aliphatic heterocycles. The second-order valence-corrected chi connectivity index (χ2v) is 9.83. The molecule has 0 aromatic heterocycles. The molecule has 1 heterocycles. The molecule has 1 saturated heterocycles. The lowest BCUT2D eigenvalue weighted by Gasteiger charge is -2.37. The first-order valence-electron chi connectivity index (χ1n) is 16.2. The molecule has 0 unspecified atom stereocenters. The summed E-state index contributed by atoms with van der Waals surface area (Å²) in [6, 6.07) is 8.08. The van der Waals surface area contributed by atoms with Gasteiger partial charge in [0.15, 0.2) is 0 Å². The molecule has 2 aliphatic rings. The Morgan fingerprint density at radius 2 is 1.89 bits per heavy atom. The molecule has 206 valence electrons. The number of ether oxygens (including phenoxy) is 1. The zero-order chi connectivity index (χ0) is 33.4. The molecule has 38 heavy (non-hydrogen) atoms. The topological polar surface area (TPSA) is 51.1 Å². The highest BCUT2D eigenvalue weighted by atomic mass is 19.4. The number of carbonyl (C=O) groups is 1. The number of oxime groups is 1. The van der Waals surface area contributed by atoms with Crippen molar-refractivity contribution in [2.75, 3.05) is 20.2 Å². The first-order valence-corrected chi connectivity index (χ1v) is 12.7. The molecule has 0 spiro atoms.